The van der Waals surface area contributed by atoms with Crippen molar-refractivity contribution in [2.75, 3.05) is 0 Å². The SMILES string of the molecule is CC1C=Cc2c(-c3nc(C4=CCC(C)(C5=CNC6(C)C=CC=CC6=C5)C=C4)nc(-c4cc5ccccc5c5ccccc45)n3)cc3ccccc3c2C1. The molecule has 0 spiro atoms. The summed E-state index contributed by atoms with van der Waals surface area (Å²) in [4.78, 5) is 16.0. The van der Waals surface area contributed by atoms with Gasteiger partial charge in [-0.25, -0.2) is 15.0 Å². The monoisotopic (exact) mass is 684 g/mol. The maximum atomic E-state index is 5.36. The molecule has 0 saturated heterocycles. The van der Waals surface area contributed by atoms with E-state index in [4.69, 9.17) is 15.0 Å². The van der Waals surface area contributed by atoms with Gasteiger partial charge >= 0.3 is 0 Å². The van der Waals surface area contributed by atoms with E-state index in [0.29, 0.717) is 23.4 Å². The Kier molecular flexibility index (Phi) is 7.13. The van der Waals surface area contributed by atoms with Gasteiger partial charge in [-0.05, 0) is 92.4 Å². The quantitative estimate of drug-likeness (QED) is 0.188. The second-order valence-electron chi connectivity index (χ2n) is 15.5. The van der Waals surface area contributed by atoms with Crippen LogP contribution in [0.5, 0.6) is 0 Å². The number of fused-ring (bicyclic) bond motifs is 7. The van der Waals surface area contributed by atoms with E-state index >= 15 is 0 Å². The van der Waals surface area contributed by atoms with E-state index in [-0.39, 0.29) is 11.0 Å². The Bertz CT molecular complexity index is 2760. The molecule has 3 aliphatic carbocycles. The van der Waals surface area contributed by atoms with Crippen LogP contribution in [0.2, 0.25) is 0 Å². The molecule has 2 heterocycles. The summed E-state index contributed by atoms with van der Waals surface area (Å²) in [5.74, 6) is 2.54. The van der Waals surface area contributed by atoms with Gasteiger partial charge in [-0.1, -0.05) is 147 Å². The topological polar surface area (TPSA) is 50.7 Å². The Labute approximate surface area is 310 Å². The number of aromatic nitrogens is 3. The molecule has 53 heavy (non-hydrogen) atoms. The summed E-state index contributed by atoms with van der Waals surface area (Å²) in [6, 6.07) is 30.4. The van der Waals surface area contributed by atoms with Gasteiger partial charge < -0.3 is 5.32 Å². The second kappa shape index (κ2) is 12.0. The number of hydrogen-bond acceptors (Lipinski definition) is 4. The number of nitrogens with zero attached hydrogens (tertiary/aromatic N) is 3. The number of allylic oxidation sites excluding steroid dienone is 9. The van der Waals surface area contributed by atoms with E-state index in [9.17, 15) is 0 Å². The molecule has 0 bridgehead atoms. The molecule has 1 N–H and O–H groups in total. The molecule has 0 amide bonds. The van der Waals surface area contributed by atoms with E-state index in [2.05, 4.69) is 178 Å². The molecule has 4 aliphatic rings. The number of nitrogens with one attached hydrogen (secondary N) is 1. The van der Waals surface area contributed by atoms with E-state index in [1.54, 1.807) is 0 Å². The van der Waals surface area contributed by atoms with Gasteiger partial charge in [0.1, 0.15) is 0 Å². The van der Waals surface area contributed by atoms with Crippen molar-refractivity contribution in [3.8, 4) is 22.8 Å². The first kappa shape index (κ1) is 31.6. The summed E-state index contributed by atoms with van der Waals surface area (Å²) in [6.45, 7) is 6.82. The lowest BCUT2D eigenvalue weighted by atomic mass is 9.72. The highest BCUT2D eigenvalue weighted by atomic mass is 15.0. The summed E-state index contributed by atoms with van der Waals surface area (Å²) in [5, 5.41) is 10.9. The standard InChI is InChI=1S/C49H40N4/c1-31-19-20-41-42(26-31)38-16-7-5-13-34(38)28-44(41)47-52-45(32-21-24-48(2,25-22-32)36-29-35-14-10-11-23-49(35,3)50-30-36)51-46(53-47)43-27-33-12-4-6-15-37(33)39-17-8-9-18-40(39)43/h4-24,27-31,50H,25-26H2,1-3H3. The van der Waals surface area contributed by atoms with Crippen molar-refractivity contribution in [3.63, 3.8) is 0 Å². The highest BCUT2D eigenvalue weighted by Crippen LogP contribution is 2.44. The minimum atomic E-state index is -0.175. The fourth-order valence-corrected chi connectivity index (χ4v) is 8.55. The molecule has 0 saturated carbocycles. The van der Waals surface area contributed by atoms with Crippen molar-refractivity contribution in [1.82, 2.24) is 20.3 Å². The fraction of sp³-hybridized carbons (Fsp3) is 0.163. The first-order chi connectivity index (χ1) is 25.9. The highest BCUT2D eigenvalue weighted by Gasteiger charge is 2.34. The van der Waals surface area contributed by atoms with Gasteiger partial charge in [-0.2, -0.15) is 0 Å². The van der Waals surface area contributed by atoms with Crippen molar-refractivity contribution in [1.29, 1.82) is 0 Å². The third kappa shape index (κ3) is 5.23. The second-order valence-corrected chi connectivity index (χ2v) is 15.5. The molecule has 0 radical (unpaired) electrons. The predicted octanol–water partition coefficient (Wildman–Crippen LogP) is 11.5. The van der Waals surface area contributed by atoms with Gasteiger partial charge in [0.2, 0.25) is 0 Å². The lowest BCUT2D eigenvalue weighted by Crippen LogP contribution is -2.42. The van der Waals surface area contributed by atoms with Gasteiger partial charge in [0.25, 0.3) is 0 Å². The number of dihydropyridines is 1. The highest BCUT2D eigenvalue weighted by molar-refractivity contribution is 6.13. The third-order valence-electron chi connectivity index (χ3n) is 11.8. The van der Waals surface area contributed by atoms with Crippen LogP contribution in [-0.4, -0.2) is 20.5 Å². The van der Waals surface area contributed by atoms with Crippen LogP contribution in [-0.2, 0) is 6.42 Å². The maximum Gasteiger partial charge on any atom is 0.164 e. The molecule has 0 fully saturated rings. The fourth-order valence-electron chi connectivity index (χ4n) is 8.55. The summed E-state index contributed by atoms with van der Waals surface area (Å²) in [7, 11) is 0. The molecule has 3 atom stereocenters. The normalized spacial score (nSPS) is 23.0. The molecular weight excluding hydrogens is 645 g/mol. The van der Waals surface area contributed by atoms with Crippen molar-refractivity contribution in [3.05, 3.63) is 174 Å². The van der Waals surface area contributed by atoms with E-state index in [1.807, 2.05) is 0 Å². The molecular formula is C49H40N4. The van der Waals surface area contributed by atoms with Crippen LogP contribution in [0.15, 0.2) is 157 Å². The Morgan fingerprint density at radius 3 is 2.13 bits per heavy atom. The van der Waals surface area contributed by atoms with Crippen LogP contribution in [0, 0.1) is 11.3 Å². The van der Waals surface area contributed by atoms with Crippen LogP contribution in [0.25, 0.3) is 66.7 Å². The average Bonchev–Trinajstić information content (AvgIpc) is 3.20. The third-order valence-corrected chi connectivity index (χ3v) is 11.8. The van der Waals surface area contributed by atoms with Gasteiger partial charge in [0.05, 0.1) is 5.54 Å². The number of rotatable bonds is 4. The van der Waals surface area contributed by atoms with E-state index in [1.165, 1.54) is 49.2 Å². The van der Waals surface area contributed by atoms with Gasteiger partial charge in [-0.3, -0.25) is 0 Å². The number of hydrogen-bond donors (Lipinski definition) is 1. The Morgan fingerprint density at radius 1 is 0.660 bits per heavy atom. The van der Waals surface area contributed by atoms with Crippen molar-refractivity contribution in [2.24, 2.45) is 11.3 Å². The number of benzene rings is 5. The Morgan fingerprint density at radius 2 is 1.34 bits per heavy atom. The van der Waals surface area contributed by atoms with Crippen LogP contribution >= 0.6 is 0 Å². The predicted molar refractivity (Wildman–Crippen MR) is 221 cm³/mol. The van der Waals surface area contributed by atoms with Gasteiger partial charge in [-0.15, -0.1) is 0 Å². The van der Waals surface area contributed by atoms with Crippen molar-refractivity contribution in [2.45, 2.75) is 39.2 Å². The van der Waals surface area contributed by atoms with Crippen LogP contribution in [0.1, 0.15) is 44.1 Å². The summed E-state index contributed by atoms with van der Waals surface area (Å²) in [5.41, 5.74) is 7.83. The minimum Gasteiger partial charge on any atom is -0.378 e. The Balaban J connectivity index is 1.15. The summed E-state index contributed by atoms with van der Waals surface area (Å²) >= 11 is 0. The molecule has 256 valence electrons. The molecule has 4 heteroatoms. The van der Waals surface area contributed by atoms with Gasteiger partial charge in [0.15, 0.2) is 17.5 Å². The van der Waals surface area contributed by atoms with Crippen LogP contribution < -0.4 is 5.32 Å². The Hall–Kier alpha value is -6.13. The lowest BCUT2D eigenvalue weighted by Gasteiger charge is -2.38. The maximum absolute atomic E-state index is 5.36. The average molecular weight is 685 g/mol. The zero-order valence-electron chi connectivity index (χ0n) is 30.3. The van der Waals surface area contributed by atoms with Crippen molar-refractivity contribution >= 4 is 44.0 Å². The molecule has 3 unspecified atom stereocenters. The lowest BCUT2D eigenvalue weighted by molar-refractivity contribution is 0.500. The first-order valence-electron chi connectivity index (χ1n) is 18.7. The van der Waals surface area contributed by atoms with E-state index < -0.39 is 0 Å². The largest absolute Gasteiger partial charge is 0.378 e. The molecule has 1 aromatic heterocycles. The van der Waals surface area contributed by atoms with Crippen LogP contribution in [0.3, 0.4) is 0 Å². The van der Waals surface area contributed by atoms with Crippen LogP contribution in [0.4, 0.5) is 0 Å². The first-order valence-corrected chi connectivity index (χ1v) is 18.7. The zero-order valence-corrected chi connectivity index (χ0v) is 30.3. The minimum absolute atomic E-state index is 0.173. The molecule has 1 aliphatic heterocycles. The summed E-state index contributed by atoms with van der Waals surface area (Å²) in [6.07, 6.45) is 26.5. The summed E-state index contributed by atoms with van der Waals surface area (Å²) < 4.78 is 0. The van der Waals surface area contributed by atoms with Gasteiger partial charge in [0, 0.05) is 28.3 Å². The smallest absolute Gasteiger partial charge is 0.164 e. The molecule has 5 aromatic carbocycles. The molecule has 10 rings (SSSR count). The molecule has 4 nitrogen and oxygen atoms in total. The zero-order chi connectivity index (χ0) is 35.7. The van der Waals surface area contributed by atoms with E-state index in [0.717, 1.165) is 34.9 Å². The molecule has 6 aromatic rings. The van der Waals surface area contributed by atoms with Crippen molar-refractivity contribution < 1.29 is 0 Å².